The second-order valence-corrected chi connectivity index (χ2v) is 12.7. The minimum atomic E-state index is -3.76. The van der Waals surface area contributed by atoms with Gasteiger partial charge < -0.3 is 9.30 Å². The van der Waals surface area contributed by atoms with Gasteiger partial charge in [0, 0.05) is 7.05 Å². The summed E-state index contributed by atoms with van der Waals surface area (Å²) in [6.07, 6.45) is 18.6. The molecule has 6 nitrogen and oxygen atoms in total. The Bertz CT molecular complexity index is 1250. The highest BCUT2D eigenvalue weighted by molar-refractivity contribution is 7.89. The van der Waals surface area contributed by atoms with Crippen molar-refractivity contribution in [2.45, 2.75) is 102 Å². The standard InChI is InChI=1S/C30H45N3O3S2/c1-3-4-5-6-7-8-9-10-11-12-13-14-15-18-25-36-26-21-23-27(24-22-26)38(34,35)32-31-30-33(2)28-19-16-17-20-29(28)37-30/h16-17,19-24,32H,3-15,18,25H2,1-2H3. The van der Waals surface area contributed by atoms with Crippen molar-refractivity contribution >= 4 is 31.6 Å². The average Bonchev–Trinajstić information content (AvgIpc) is 3.25. The van der Waals surface area contributed by atoms with E-state index in [0.29, 0.717) is 17.2 Å². The number of aromatic nitrogens is 1. The quantitative estimate of drug-likeness (QED) is 0.120. The van der Waals surface area contributed by atoms with Crippen LogP contribution in [0.5, 0.6) is 5.75 Å². The Balaban J connectivity index is 1.28. The van der Waals surface area contributed by atoms with Crippen LogP contribution in [0.1, 0.15) is 96.8 Å². The van der Waals surface area contributed by atoms with Gasteiger partial charge in [0.05, 0.1) is 21.7 Å². The molecule has 0 spiro atoms. The van der Waals surface area contributed by atoms with Gasteiger partial charge in [-0.25, -0.2) is 0 Å². The maximum atomic E-state index is 12.7. The van der Waals surface area contributed by atoms with Crippen LogP contribution in [0.15, 0.2) is 58.5 Å². The maximum Gasteiger partial charge on any atom is 0.276 e. The molecule has 0 radical (unpaired) electrons. The molecular formula is C30H45N3O3S2. The second-order valence-electron chi connectivity index (χ2n) is 10.0. The zero-order valence-corrected chi connectivity index (χ0v) is 24.8. The molecule has 0 fully saturated rings. The molecule has 0 aliphatic heterocycles. The molecule has 8 heteroatoms. The summed E-state index contributed by atoms with van der Waals surface area (Å²) in [5.41, 5.74) is 1.01. The van der Waals surface area contributed by atoms with E-state index in [9.17, 15) is 8.42 Å². The van der Waals surface area contributed by atoms with Crippen LogP contribution >= 0.6 is 11.3 Å². The van der Waals surface area contributed by atoms with E-state index in [2.05, 4.69) is 16.9 Å². The number of fused-ring (bicyclic) bond motifs is 1. The van der Waals surface area contributed by atoms with Gasteiger partial charge in [-0.15, -0.1) is 5.10 Å². The molecule has 38 heavy (non-hydrogen) atoms. The number of hydrogen-bond acceptors (Lipinski definition) is 5. The average molecular weight is 560 g/mol. The number of nitrogens with one attached hydrogen (secondary N) is 1. The van der Waals surface area contributed by atoms with Gasteiger partial charge in [-0.05, 0) is 42.8 Å². The topological polar surface area (TPSA) is 72.7 Å². The molecule has 1 heterocycles. The number of aryl methyl sites for hydroxylation is 1. The first-order chi connectivity index (χ1) is 18.5. The summed E-state index contributed by atoms with van der Waals surface area (Å²) in [5.74, 6) is 0.687. The van der Waals surface area contributed by atoms with Gasteiger partial charge in [-0.1, -0.05) is 114 Å². The van der Waals surface area contributed by atoms with Gasteiger partial charge in [-0.3, -0.25) is 0 Å². The minimum absolute atomic E-state index is 0.161. The number of benzene rings is 2. The Labute approximate surface area is 233 Å². The second kappa shape index (κ2) is 16.6. The Morgan fingerprint density at radius 1 is 0.789 bits per heavy atom. The molecule has 2 aromatic carbocycles. The molecule has 0 unspecified atom stereocenters. The molecule has 3 rings (SSSR count). The van der Waals surface area contributed by atoms with E-state index in [1.807, 2.05) is 35.9 Å². The molecule has 210 valence electrons. The van der Waals surface area contributed by atoms with Crippen LogP contribution in [0.4, 0.5) is 0 Å². The highest BCUT2D eigenvalue weighted by Gasteiger charge is 2.13. The number of sulfonamides is 1. The Morgan fingerprint density at radius 3 is 1.92 bits per heavy atom. The van der Waals surface area contributed by atoms with Crippen LogP contribution in [-0.4, -0.2) is 19.6 Å². The van der Waals surface area contributed by atoms with Gasteiger partial charge in [0.25, 0.3) is 10.0 Å². The minimum Gasteiger partial charge on any atom is -0.494 e. The lowest BCUT2D eigenvalue weighted by molar-refractivity contribution is 0.304. The van der Waals surface area contributed by atoms with Crippen molar-refractivity contribution in [2.24, 2.45) is 12.1 Å². The lowest BCUT2D eigenvalue weighted by atomic mass is 10.0. The molecule has 0 aliphatic rings. The third-order valence-corrected chi connectivity index (χ3v) is 9.21. The van der Waals surface area contributed by atoms with Crippen molar-refractivity contribution in [2.75, 3.05) is 6.61 Å². The molecule has 0 atom stereocenters. The van der Waals surface area contributed by atoms with Crippen molar-refractivity contribution < 1.29 is 13.2 Å². The number of hydrogen-bond donors (Lipinski definition) is 1. The smallest absolute Gasteiger partial charge is 0.276 e. The molecular weight excluding hydrogens is 514 g/mol. The highest BCUT2D eigenvalue weighted by atomic mass is 32.2. The van der Waals surface area contributed by atoms with E-state index in [4.69, 9.17) is 4.74 Å². The fourth-order valence-corrected chi connectivity index (χ4v) is 6.39. The number of rotatable bonds is 19. The Kier molecular flexibility index (Phi) is 13.2. The van der Waals surface area contributed by atoms with E-state index in [0.717, 1.165) is 16.6 Å². The molecule has 3 aromatic rings. The van der Waals surface area contributed by atoms with Gasteiger partial charge >= 0.3 is 0 Å². The zero-order valence-electron chi connectivity index (χ0n) is 23.2. The van der Waals surface area contributed by atoms with Gasteiger partial charge in [0.1, 0.15) is 5.75 Å². The highest BCUT2D eigenvalue weighted by Crippen LogP contribution is 2.18. The summed E-state index contributed by atoms with van der Waals surface area (Å²) in [6, 6.07) is 14.4. The van der Waals surface area contributed by atoms with Crippen LogP contribution in [-0.2, 0) is 17.1 Å². The monoisotopic (exact) mass is 559 g/mol. The number of ether oxygens (including phenoxy) is 1. The van der Waals surface area contributed by atoms with Crippen LogP contribution < -0.4 is 14.4 Å². The molecule has 0 saturated carbocycles. The fraction of sp³-hybridized carbons (Fsp3) is 0.567. The number of thiazole rings is 1. The van der Waals surface area contributed by atoms with Crippen molar-refractivity contribution in [3.63, 3.8) is 0 Å². The summed E-state index contributed by atoms with van der Waals surface area (Å²) < 4.78 is 34.1. The molecule has 0 saturated heterocycles. The van der Waals surface area contributed by atoms with Gasteiger partial charge in [0.15, 0.2) is 0 Å². The summed E-state index contributed by atoms with van der Waals surface area (Å²) >= 11 is 1.43. The van der Waals surface area contributed by atoms with Gasteiger partial charge in [-0.2, -0.15) is 13.2 Å². The summed E-state index contributed by atoms with van der Waals surface area (Å²) in [5, 5.41) is 4.15. The first kappa shape index (κ1) is 30.2. The van der Waals surface area contributed by atoms with Crippen LogP contribution in [0.2, 0.25) is 0 Å². The van der Waals surface area contributed by atoms with Crippen molar-refractivity contribution in [3.05, 3.63) is 53.3 Å². The SMILES string of the molecule is CCCCCCCCCCCCCCCCOc1ccc(S(=O)(=O)NN=c2sc3ccccc3n2C)cc1. The molecule has 0 aliphatic carbocycles. The van der Waals surface area contributed by atoms with E-state index >= 15 is 0 Å². The van der Waals surface area contributed by atoms with Crippen LogP contribution in [0.25, 0.3) is 10.2 Å². The van der Waals surface area contributed by atoms with Crippen molar-refractivity contribution in [1.82, 2.24) is 9.40 Å². The largest absolute Gasteiger partial charge is 0.494 e. The summed E-state index contributed by atoms with van der Waals surface area (Å²) in [7, 11) is -1.89. The normalized spacial score (nSPS) is 12.3. The fourth-order valence-electron chi connectivity index (χ4n) is 4.54. The Morgan fingerprint density at radius 2 is 1.34 bits per heavy atom. The van der Waals surface area contributed by atoms with E-state index in [1.54, 1.807) is 24.3 Å². The maximum absolute atomic E-state index is 12.7. The van der Waals surface area contributed by atoms with Gasteiger partial charge in [0.2, 0.25) is 4.80 Å². The van der Waals surface area contributed by atoms with Crippen LogP contribution in [0.3, 0.4) is 0 Å². The predicted octanol–water partition coefficient (Wildman–Crippen LogP) is 7.89. The third kappa shape index (κ3) is 10.1. The molecule has 0 bridgehead atoms. The van der Waals surface area contributed by atoms with Crippen molar-refractivity contribution in [3.8, 4) is 5.75 Å². The lowest BCUT2D eigenvalue weighted by Gasteiger charge is -2.08. The first-order valence-electron chi connectivity index (χ1n) is 14.3. The molecule has 1 N–H and O–H groups in total. The number of unbranched alkanes of at least 4 members (excludes halogenated alkanes) is 13. The first-order valence-corrected chi connectivity index (χ1v) is 16.6. The van der Waals surface area contributed by atoms with Crippen LogP contribution in [0, 0.1) is 0 Å². The predicted molar refractivity (Wildman–Crippen MR) is 159 cm³/mol. The number of para-hydroxylation sites is 1. The third-order valence-electron chi connectivity index (χ3n) is 6.88. The van der Waals surface area contributed by atoms with E-state index in [1.165, 1.54) is 94.8 Å². The Hall–Kier alpha value is -2.32. The van der Waals surface area contributed by atoms with E-state index < -0.39 is 10.0 Å². The van der Waals surface area contributed by atoms with Crippen molar-refractivity contribution in [1.29, 1.82) is 0 Å². The zero-order chi connectivity index (χ0) is 27.1. The molecule has 1 aromatic heterocycles. The number of nitrogens with zero attached hydrogens (tertiary/aromatic N) is 2. The molecule has 0 amide bonds. The lowest BCUT2D eigenvalue weighted by Crippen LogP contribution is -2.23. The summed E-state index contributed by atoms with van der Waals surface area (Å²) in [4.78, 5) is 3.11. The van der Waals surface area contributed by atoms with E-state index in [-0.39, 0.29) is 4.90 Å². The summed E-state index contributed by atoms with van der Waals surface area (Å²) in [6.45, 7) is 2.92.